The number of hydrogen-bond donors (Lipinski definition) is 2. The Hall–Kier alpha value is -0.410. The molecule has 0 amide bonds. The second kappa shape index (κ2) is 5.27. The molecule has 1 heterocycles. The van der Waals surface area contributed by atoms with Gasteiger partial charge < -0.3 is 15.4 Å². The summed E-state index contributed by atoms with van der Waals surface area (Å²) in [5, 5.41) is 6.70. The van der Waals surface area contributed by atoms with E-state index in [2.05, 4.69) is 10.6 Å². The fourth-order valence-electron chi connectivity index (χ4n) is 1.38. The van der Waals surface area contributed by atoms with Gasteiger partial charge in [-0.15, -0.1) is 0 Å². The van der Waals surface area contributed by atoms with E-state index in [1.807, 2.05) is 0 Å². The fraction of sp³-hybridized carbons (Fsp3) is 0.875. The standard InChI is InChI=1S/C8H16N2O/c11-7-1-2-8-3-4-9-5-6-10-8/h7-10H,1-6H2. The number of rotatable bonds is 3. The fourth-order valence-corrected chi connectivity index (χ4v) is 1.38. The van der Waals surface area contributed by atoms with Crippen molar-refractivity contribution in [3.8, 4) is 0 Å². The normalized spacial score (nSPS) is 26.0. The molecule has 0 aliphatic carbocycles. The topological polar surface area (TPSA) is 41.1 Å². The van der Waals surface area contributed by atoms with E-state index in [1.165, 1.54) is 0 Å². The molecule has 1 saturated heterocycles. The molecule has 1 aliphatic heterocycles. The second-order valence-electron chi connectivity index (χ2n) is 2.93. The number of carbonyl (C=O) groups excluding carboxylic acids is 1. The third-order valence-electron chi connectivity index (χ3n) is 2.04. The van der Waals surface area contributed by atoms with Crippen molar-refractivity contribution in [3.05, 3.63) is 0 Å². The molecule has 2 N–H and O–H groups in total. The van der Waals surface area contributed by atoms with Gasteiger partial charge in [-0.05, 0) is 19.4 Å². The van der Waals surface area contributed by atoms with Crippen LogP contribution in [0.4, 0.5) is 0 Å². The molecule has 1 aliphatic rings. The molecule has 1 atom stereocenters. The lowest BCUT2D eigenvalue weighted by Crippen LogP contribution is -2.29. The first kappa shape index (κ1) is 8.68. The van der Waals surface area contributed by atoms with Crippen LogP contribution in [0.3, 0.4) is 0 Å². The van der Waals surface area contributed by atoms with E-state index in [1.54, 1.807) is 0 Å². The second-order valence-corrected chi connectivity index (χ2v) is 2.93. The molecule has 0 aromatic heterocycles. The minimum Gasteiger partial charge on any atom is -0.315 e. The van der Waals surface area contributed by atoms with E-state index in [0.29, 0.717) is 12.5 Å². The summed E-state index contributed by atoms with van der Waals surface area (Å²) >= 11 is 0. The average Bonchev–Trinajstić information content (AvgIpc) is 2.28. The molecule has 0 saturated carbocycles. The van der Waals surface area contributed by atoms with Crippen LogP contribution in [0.1, 0.15) is 19.3 Å². The van der Waals surface area contributed by atoms with Crippen molar-refractivity contribution in [2.75, 3.05) is 19.6 Å². The average molecular weight is 156 g/mol. The Morgan fingerprint density at radius 3 is 3.09 bits per heavy atom. The third-order valence-corrected chi connectivity index (χ3v) is 2.04. The first-order chi connectivity index (χ1) is 5.43. The highest BCUT2D eigenvalue weighted by atomic mass is 16.1. The number of carbonyl (C=O) groups is 1. The summed E-state index contributed by atoms with van der Waals surface area (Å²) in [5.74, 6) is 0. The Kier molecular flexibility index (Phi) is 4.16. The summed E-state index contributed by atoms with van der Waals surface area (Å²) in [6, 6.07) is 0.551. The van der Waals surface area contributed by atoms with Crippen molar-refractivity contribution in [1.29, 1.82) is 0 Å². The van der Waals surface area contributed by atoms with Crippen molar-refractivity contribution >= 4 is 6.29 Å². The van der Waals surface area contributed by atoms with Crippen LogP contribution in [0.25, 0.3) is 0 Å². The van der Waals surface area contributed by atoms with E-state index in [9.17, 15) is 4.79 Å². The molecule has 1 fully saturated rings. The van der Waals surface area contributed by atoms with Gasteiger partial charge in [0.05, 0.1) is 0 Å². The van der Waals surface area contributed by atoms with E-state index < -0.39 is 0 Å². The lowest BCUT2D eigenvalue weighted by molar-refractivity contribution is -0.108. The van der Waals surface area contributed by atoms with Crippen LogP contribution in [-0.2, 0) is 4.79 Å². The molecule has 0 aromatic carbocycles. The van der Waals surface area contributed by atoms with Crippen LogP contribution in [0, 0.1) is 0 Å². The van der Waals surface area contributed by atoms with Crippen LogP contribution in [0.5, 0.6) is 0 Å². The van der Waals surface area contributed by atoms with Gasteiger partial charge in [0, 0.05) is 25.6 Å². The Morgan fingerprint density at radius 2 is 2.27 bits per heavy atom. The summed E-state index contributed by atoms with van der Waals surface area (Å²) < 4.78 is 0. The smallest absolute Gasteiger partial charge is 0.120 e. The third kappa shape index (κ3) is 3.49. The molecule has 3 nitrogen and oxygen atoms in total. The lowest BCUT2D eigenvalue weighted by atomic mass is 10.1. The predicted octanol–water partition coefficient (Wildman–Crippen LogP) is -0.0830. The van der Waals surface area contributed by atoms with E-state index in [-0.39, 0.29) is 0 Å². The zero-order valence-electron chi connectivity index (χ0n) is 6.81. The van der Waals surface area contributed by atoms with Crippen LogP contribution in [0.15, 0.2) is 0 Å². The highest BCUT2D eigenvalue weighted by molar-refractivity contribution is 5.49. The van der Waals surface area contributed by atoms with E-state index >= 15 is 0 Å². The maximum absolute atomic E-state index is 10.1. The van der Waals surface area contributed by atoms with Gasteiger partial charge in [0.2, 0.25) is 0 Å². The van der Waals surface area contributed by atoms with Gasteiger partial charge >= 0.3 is 0 Å². The Morgan fingerprint density at radius 1 is 1.36 bits per heavy atom. The van der Waals surface area contributed by atoms with Crippen LogP contribution < -0.4 is 10.6 Å². The zero-order chi connectivity index (χ0) is 7.94. The largest absolute Gasteiger partial charge is 0.315 e. The molecule has 0 aromatic rings. The minimum absolute atomic E-state index is 0.551. The summed E-state index contributed by atoms with van der Waals surface area (Å²) in [4.78, 5) is 10.1. The van der Waals surface area contributed by atoms with Crippen molar-refractivity contribution < 1.29 is 4.79 Å². The molecule has 3 heteroatoms. The summed E-state index contributed by atoms with van der Waals surface area (Å²) in [5.41, 5.74) is 0. The van der Waals surface area contributed by atoms with E-state index in [4.69, 9.17) is 0 Å². The Balaban J connectivity index is 2.14. The van der Waals surface area contributed by atoms with Gasteiger partial charge in [-0.3, -0.25) is 0 Å². The SMILES string of the molecule is O=CCCC1CCNCCN1. The first-order valence-corrected chi connectivity index (χ1v) is 4.31. The molecule has 0 radical (unpaired) electrons. The zero-order valence-corrected chi connectivity index (χ0v) is 6.81. The van der Waals surface area contributed by atoms with Gasteiger partial charge in [0.15, 0.2) is 0 Å². The monoisotopic (exact) mass is 156 g/mol. The molecular weight excluding hydrogens is 140 g/mol. The van der Waals surface area contributed by atoms with Gasteiger partial charge in [-0.2, -0.15) is 0 Å². The van der Waals surface area contributed by atoms with Crippen LogP contribution >= 0.6 is 0 Å². The van der Waals surface area contributed by atoms with Gasteiger partial charge in [0.1, 0.15) is 6.29 Å². The van der Waals surface area contributed by atoms with Gasteiger partial charge in [-0.1, -0.05) is 0 Å². The van der Waals surface area contributed by atoms with Gasteiger partial charge in [0.25, 0.3) is 0 Å². The number of nitrogens with one attached hydrogen (secondary N) is 2. The molecule has 0 bridgehead atoms. The molecule has 64 valence electrons. The van der Waals surface area contributed by atoms with Crippen LogP contribution in [0.2, 0.25) is 0 Å². The summed E-state index contributed by atoms with van der Waals surface area (Å²) in [7, 11) is 0. The minimum atomic E-state index is 0.551. The summed E-state index contributed by atoms with van der Waals surface area (Å²) in [6.45, 7) is 3.16. The summed E-state index contributed by atoms with van der Waals surface area (Å²) in [6.07, 6.45) is 3.83. The number of aldehydes is 1. The highest BCUT2D eigenvalue weighted by Crippen LogP contribution is 2.00. The first-order valence-electron chi connectivity index (χ1n) is 4.31. The quantitative estimate of drug-likeness (QED) is 0.561. The molecular formula is C8H16N2O. The predicted molar refractivity (Wildman–Crippen MR) is 44.6 cm³/mol. The van der Waals surface area contributed by atoms with Crippen molar-refractivity contribution in [1.82, 2.24) is 10.6 Å². The highest BCUT2D eigenvalue weighted by Gasteiger charge is 2.09. The van der Waals surface area contributed by atoms with Gasteiger partial charge in [-0.25, -0.2) is 0 Å². The number of hydrogen-bond acceptors (Lipinski definition) is 3. The molecule has 1 rings (SSSR count). The molecule has 0 spiro atoms. The van der Waals surface area contributed by atoms with Crippen molar-refractivity contribution in [3.63, 3.8) is 0 Å². The van der Waals surface area contributed by atoms with Crippen LogP contribution in [-0.4, -0.2) is 32.0 Å². The Labute approximate surface area is 67.5 Å². The van der Waals surface area contributed by atoms with Crippen molar-refractivity contribution in [2.24, 2.45) is 0 Å². The van der Waals surface area contributed by atoms with E-state index in [0.717, 1.165) is 38.8 Å². The maximum atomic E-state index is 10.1. The van der Waals surface area contributed by atoms with Crippen molar-refractivity contribution in [2.45, 2.75) is 25.3 Å². The molecule has 1 unspecified atom stereocenters. The Bertz CT molecular complexity index is 109. The maximum Gasteiger partial charge on any atom is 0.120 e. The molecule has 11 heavy (non-hydrogen) atoms. The lowest BCUT2D eigenvalue weighted by Gasteiger charge is -2.12.